The van der Waals surface area contributed by atoms with Crippen LogP contribution in [0.2, 0.25) is 0 Å². The van der Waals surface area contributed by atoms with Crippen molar-refractivity contribution in [2.45, 2.75) is 13.5 Å². The molecule has 0 saturated carbocycles. The molecule has 2 rings (SSSR count). The average molecular weight is 291 g/mol. The number of aromatic carboxylic acids is 1. The largest absolute Gasteiger partial charge is 0.493 e. The van der Waals surface area contributed by atoms with Gasteiger partial charge in [-0.15, -0.1) is 0 Å². The van der Waals surface area contributed by atoms with E-state index in [4.69, 9.17) is 19.0 Å². The summed E-state index contributed by atoms with van der Waals surface area (Å²) in [6.07, 6.45) is 0. The Morgan fingerprint density at radius 2 is 2.10 bits per heavy atom. The molecule has 0 unspecified atom stereocenters. The van der Waals surface area contributed by atoms with E-state index in [1.165, 1.54) is 6.07 Å². The number of furan rings is 1. The van der Waals surface area contributed by atoms with Gasteiger partial charge in [-0.3, -0.25) is 0 Å². The molecular formula is C15H17NO5. The van der Waals surface area contributed by atoms with Gasteiger partial charge in [0.2, 0.25) is 5.76 Å². The zero-order valence-corrected chi connectivity index (χ0v) is 11.9. The van der Waals surface area contributed by atoms with Crippen molar-refractivity contribution < 1.29 is 23.8 Å². The molecule has 0 bridgehead atoms. The van der Waals surface area contributed by atoms with E-state index >= 15 is 0 Å². The van der Waals surface area contributed by atoms with Crippen LogP contribution in [-0.2, 0) is 6.54 Å². The maximum Gasteiger partial charge on any atom is 0.371 e. The van der Waals surface area contributed by atoms with Gasteiger partial charge in [0.05, 0.1) is 20.3 Å². The fraction of sp³-hybridized carbons (Fsp3) is 0.267. The van der Waals surface area contributed by atoms with Crippen molar-refractivity contribution in [3.05, 3.63) is 41.9 Å². The second-order valence-corrected chi connectivity index (χ2v) is 4.22. The van der Waals surface area contributed by atoms with Gasteiger partial charge in [-0.05, 0) is 31.2 Å². The predicted octanol–water partition coefficient (Wildman–Crippen LogP) is 3.00. The number of carboxylic acids is 1. The molecule has 2 N–H and O–H groups in total. The highest BCUT2D eigenvalue weighted by atomic mass is 16.5. The Bertz CT molecular complexity index is 620. The van der Waals surface area contributed by atoms with Crippen molar-refractivity contribution in [2.24, 2.45) is 0 Å². The van der Waals surface area contributed by atoms with Gasteiger partial charge in [0.15, 0.2) is 11.5 Å². The highest BCUT2D eigenvalue weighted by molar-refractivity contribution is 5.84. The fourth-order valence-electron chi connectivity index (χ4n) is 1.83. The van der Waals surface area contributed by atoms with Crippen LogP contribution in [-0.4, -0.2) is 24.8 Å². The molecule has 6 heteroatoms. The molecule has 0 radical (unpaired) electrons. The van der Waals surface area contributed by atoms with E-state index < -0.39 is 5.97 Å². The summed E-state index contributed by atoms with van der Waals surface area (Å²) in [6, 6.07) is 8.54. The van der Waals surface area contributed by atoms with Gasteiger partial charge in [-0.1, -0.05) is 0 Å². The van der Waals surface area contributed by atoms with Crippen molar-refractivity contribution in [2.75, 3.05) is 19.0 Å². The van der Waals surface area contributed by atoms with Crippen LogP contribution in [0.25, 0.3) is 0 Å². The van der Waals surface area contributed by atoms with Gasteiger partial charge in [0, 0.05) is 11.8 Å². The third-order valence-electron chi connectivity index (χ3n) is 2.80. The lowest BCUT2D eigenvalue weighted by atomic mass is 10.2. The van der Waals surface area contributed by atoms with Crippen LogP contribution in [0, 0.1) is 0 Å². The van der Waals surface area contributed by atoms with Crippen molar-refractivity contribution in [1.29, 1.82) is 0 Å². The number of benzene rings is 1. The molecule has 0 amide bonds. The van der Waals surface area contributed by atoms with Crippen molar-refractivity contribution in [1.82, 2.24) is 0 Å². The molecule has 0 aliphatic heterocycles. The summed E-state index contributed by atoms with van der Waals surface area (Å²) < 4.78 is 15.9. The minimum absolute atomic E-state index is 0.0731. The van der Waals surface area contributed by atoms with E-state index in [0.29, 0.717) is 30.4 Å². The normalized spacial score (nSPS) is 10.2. The topological polar surface area (TPSA) is 80.9 Å². The highest BCUT2D eigenvalue weighted by Crippen LogP contribution is 2.30. The molecule has 21 heavy (non-hydrogen) atoms. The number of rotatable bonds is 7. The lowest BCUT2D eigenvalue weighted by molar-refractivity contribution is 0.0660. The second kappa shape index (κ2) is 6.69. The number of hydrogen-bond donors (Lipinski definition) is 2. The minimum atomic E-state index is -1.08. The molecule has 1 aromatic carbocycles. The minimum Gasteiger partial charge on any atom is -0.493 e. The third kappa shape index (κ3) is 3.68. The van der Waals surface area contributed by atoms with E-state index in [-0.39, 0.29) is 5.76 Å². The van der Waals surface area contributed by atoms with Gasteiger partial charge in [0.1, 0.15) is 5.76 Å². The van der Waals surface area contributed by atoms with Gasteiger partial charge < -0.3 is 24.3 Å². The molecule has 1 heterocycles. The summed E-state index contributed by atoms with van der Waals surface area (Å²) in [5, 5.41) is 11.9. The van der Waals surface area contributed by atoms with Crippen molar-refractivity contribution in [3.8, 4) is 11.5 Å². The summed E-state index contributed by atoms with van der Waals surface area (Å²) in [5.74, 6) is 0.699. The molecule has 0 fully saturated rings. The fourth-order valence-corrected chi connectivity index (χ4v) is 1.83. The summed E-state index contributed by atoms with van der Waals surface area (Å²) in [6.45, 7) is 2.85. The molecule has 1 aromatic heterocycles. The Labute approximate surface area is 122 Å². The average Bonchev–Trinajstić information content (AvgIpc) is 2.95. The molecule has 0 aliphatic carbocycles. The molecule has 112 valence electrons. The SMILES string of the molecule is CCOc1ccc(NCc2ccc(C(=O)O)o2)cc1OC. The van der Waals surface area contributed by atoms with Gasteiger partial charge in [-0.25, -0.2) is 4.79 Å². The second-order valence-electron chi connectivity index (χ2n) is 4.22. The monoisotopic (exact) mass is 291 g/mol. The van der Waals surface area contributed by atoms with Crippen LogP contribution < -0.4 is 14.8 Å². The van der Waals surface area contributed by atoms with Crippen LogP contribution in [0.1, 0.15) is 23.2 Å². The summed E-state index contributed by atoms with van der Waals surface area (Å²) in [5.41, 5.74) is 0.823. The Hall–Kier alpha value is -2.63. The number of nitrogens with one attached hydrogen (secondary N) is 1. The number of methoxy groups -OCH3 is 1. The first-order valence-electron chi connectivity index (χ1n) is 6.50. The first-order valence-corrected chi connectivity index (χ1v) is 6.50. The number of ether oxygens (including phenoxy) is 2. The first-order chi connectivity index (χ1) is 10.1. The van der Waals surface area contributed by atoms with Gasteiger partial charge in [-0.2, -0.15) is 0 Å². The number of carboxylic acid groups (broad SMARTS) is 1. The molecule has 0 saturated heterocycles. The molecule has 0 atom stereocenters. The van der Waals surface area contributed by atoms with Crippen LogP contribution in [0.3, 0.4) is 0 Å². The maximum atomic E-state index is 10.7. The smallest absolute Gasteiger partial charge is 0.371 e. The van der Waals surface area contributed by atoms with Crippen LogP contribution in [0.4, 0.5) is 5.69 Å². The predicted molar refractivity (Wildman–Crippen MR) is 77.2 cm³/mol. The Morgan fingerprint density at radius 1 is 1.29 bits per heavy atom. The van der Waals surface area contributed by atoms with Crippen LogP contribution >= 0.6 is 0 Å². The number of carbonyl (C=O) groups is 1. The quantitative estimate of drug-likeness (QED) is 0.816. The first kappa shape index (κ1) is 14.8. The molecule has 0 aliphatic rings. The van der Waals surface area contributed by atoms with Crippen molar-refractivity contribution in [3.63, 3.8) is 0 Å². The molecule has 2 aromatic rings. The summed E-state index contributed by atoms with van der Waals surface area (Å²) >= 11 is 0. The third-order valence-corrected chi connectivity index (χ3v) is 2.80. The van der Waals surface area contributed by atoms with Crippen LogP contribution in [0.15, 0.2) is 34.7 Å². The molecular weight excluding hydrogens is 274 g/mol. The van der Waals surface area contributed by atoms with Gasteiger partial charge in [0.25, 0.3) is 0 Å². The number of anilines is 1. The van der Waals surface area contributed by atoms with Gasteiger partial charge >= 0.3 is 5.97 Å². The lowest BCUT2D eigenvalue weighted by Crippen LogP contribution is -2.00. The van der Waals surface area contributed by atoms with E-state index in [9.17, 15) is 4.79 Å². The van der Waals surface area contributed by atoms with E-state index in [0.717, 1.165) is 5.69 Å². The van der Waals surface area contributed by atoms with E-state index in [2.05, 4.69) is 5.32 Å². The summed E-state index contributed by atoms with van der Waals surface area (Å²) in [4.78, 5) is 10.7. The molecule has 6 nitrogen and oxygen atoms in total. The number of hydrogen-bond acceptors (Lipinski definition) is 5. The Kier molecular flexibility index (Phi) is 4.71. The van der Waals surface area contributed by atoms with Crippen molar-refractivity contribution >= 4 is 11.7 Å². The standard InChI is InChI=1S/C15H17NO5/c1-3-20-12-6-4-10(8-14(12)19-2)16-9-11-5-7-13(21-11)15(17)18/h4-8,16H,3,9H2,1-2H3,(H,17,18). The summed E-state index contributed by atoms with van der Waals surface area (Å²) in [7, 11) is 1.58. The zero-order chi connectivity index (χ0) is 15.2. The Morgan fingerprint density at radius 3 is 2.71 bits per heavy atom. The lowest BCUT2D eigenvalue weighted by Gasteiger charge is -2.11. The van der Waals surface area contributed by atoms with Crippen LogP contribution in [0.5, 0.6) is 11.5 Å². The highest BCUT2D eigenvalue weighted by Gasteiger charge is 2.09. The Balaban J connectivity index is 2.03. The van der Waals surface area contributed by atoms with E-state index in [1.807, 2.05) is 25.1 Å². The molecule has 0 spiro atoms. The zero-order valence-electron chi connectivity index (χ0n) is 11.9. The van der Waals surface area contributed by atoms with E-state index in [1.54, 1.807) is 13.2 Å². The maximum absolute atomic E-state index is 10.7.